The molecule has 0 aromatic heterocycles. The van der Waals surface area contributed by atoms with E-state index in [1.807, 2.05) is 0 Å². The molecule has 3 nitrogen and oxygen atoms in total. The minimum absolute atomic E-state index is 0.00463. The van der Waals surface area contributed by atoms with Gasteiger partial charge in [0.25, 0.3) is 0 Å². The molecule has 0 radical (unpaired) electrons. The van der Waals surface area contributed by atoms with Crippen LogP contribution in [0.1, 0.15) is 19.3 Å². The lowest BCUT2D eigenvalue weighted by atomic mass is 10.3. The van der Waals surface area contributed by atoms with E-state index in [1.54, 1.807) is 0 Å². The minimum Gasteiger partial charge on any atom is -0.214 e. The molecule has 1 rings (SSSR count). The number of alkyl halides is 1. The van der Waals surface area contributed by atoms with Gasteiger partial charge in [-0.25, -0.2) is 13.1 Å². The Hall–Kier alpha value is 0.390. The zero-order valence-electron chi connectivity index (χ0n) is 6.22. The van der Waals surface area contributed by atoms with Crippen LogP contribution in [0.2, 0.25) is 0 Å². The molecule has 1 aliphatic carbocycles. The number of halogens is 1. The molecule has 11 heavy (non-hydrogen) atoms. The highest BCUT2D eigenvalue weighted by atomic mass is 79.9. The summed E-state index contributed by atoms with van der Waals surface area (Å²) in [6.45, 7) is 0.596. The predicted molar refractivity (Wildman–Crippen MR) is 48.1 cm³/mol. The second kappa shape index (κ2) is 3.87. The summed E-state index contributed by atoms with van der Waals surface area (Å²) < 4.78 is 24.2. The maximum absolute atomic E-state index is 10.8. The summed E-state index contributed by atoms with van der Waals surface area (Å²) in [7, 11) is -3.02. The molecular formula is C6H12BrNO2S. The maximum Gasteiger partial charge on any atom is 0.221 e. The summed E-state index contributed by atoms with van der Waals surface area (Å²) in [6.07, 6.45) is 3.54. The Kier molecular flexibility index (Phi) is 3.33. The SMILES string of the molecule is O=S(=O)(CBr)NCCC1CC1. The molecule has 1 N–H and O–H groups in total. The second-order valence-electron chi connectivity index (χ2n) is 2.85. The van der Waals surface area contributed by atoms with Crippen molar-refractivity contribution < 1.29 is 8.42 Å². The van der Waals surface area contributed by atoms with Crippen LogP contribution < -0.4 is 4.72 Å². The van der Waals surface area contributed by atoms with Crippen LogP contribution in [-0.4, -0.2) is 19.6 Å². The van der Waals surface area contributed by atoms with Gasteiger partial charge < -0.3 is 0 Å². The number of rotatable bonds is 5. The van der Waals surface area contributed by atoms with E-state index in [2.05, 4.69) is 20.7 Å². The normalized spacial score (nSPS) is 18.6. The van der Waals surface area contributed by atoms with E-state index in [0.717, 1.165) is 12.3 Å². The van der Waals surface area contributed by atoms with E-state index < -0.39 is 10.0 Å². The lowest BCUT2D eigenvalue weighted by Crippen LogP contribution is -2.25. The zero-order chi connectivity index (χ0) is 8.32. The molecule has 0 aromatic carbocycles. The molecule has 0 aliphatic heterocycles. The Morgan fingerprint density at radius 1 is 1.45 bits per heavy atom. The topological polar surface area (TPSA) is 46.2 Å². The Labute approximate surface area is 75.7 Å². The van der Waals surface area contributed by atoms with E-state index in [0.29, 0.717) is 6.54 Å². The van der Waals surface area contributed by atoms with Gasteiger partial charge in [-0.1, -0.05) is 28.8 Å². The van der Waals surface area contributed by atoms with E-state index in [9.17, 15) is 8.42 Å². The highest BCUT2D eigenvalue weighted by molar-refractivity contribution is 9.10. The molecule has 0 spiro atoms. The summed E-state index contributed by atoms with van der Waals surface area (Å²) in [6, 6.07) is 0. The van der Waals surface area contributed by atoms with Crippen LogP contribution in [0.15, 0.2) is 0 Å². The van der Waals surface area contributed by atoms with E-state index >= 15 is 0 Å². The first-order valence-corrected chi connectivity index (χ1v) is 6.45. The lowest BCUT2D eigenvalue weighted by Gasteiger charge is -2.01. The first kappa shape index (κ1) is 9.48. The number of hydrogen-bond donors (Lipinski definition) is 1. The average Bonchev–Trinajstić information content (AvgIpc) is 2.71. The molecule has 5 heteroatoms. The van der Waals surface area contributed by atoms with Crippen LogP contribution in [0, 0.1) is 5.92 Å². The fourth-order valence-corrected chi connectivity index (χ4v) is 1.86. The first-order valence-electron chi connectivity index (χ1n) is 3.67. The van der Waals surface area contributed by atoms with Gasteiger partial charge >= 0.3 is 0 Å². The molecule has 0 heterocycles. The number of sulfonamides is 1. The van der Waals surface area contributed by atoms with Gasteiger partial charge in [0.1, 0.15) is 4.66 Å². The summed E-state index contributed by atoms with van der Waals surface area (Å²) in [5.74, 6) is 0.785. The van der Waals surface area contributed by atoms with E-state index in [4.69, 9.17) is 0 Å². The number of hydrogen-bond acceptors (Lipinski definition) is 2. The first-order chi connectivity index (χ1) is 5.14. The van der Waals surface area contributed by atoms with Gasteiger partial charge in [0.2, 0.25) is 10.0 Å². The molecule has 66 valence electrons. The summed E-state index contributed by atoms with van der Waals surface area (Å²) in [4.78, 5) is 0. The van der Waals surface area contributed by atoms with E-state index in [-0.39, 0.29) is 4.66 Å². The van der Waals surface area contributed by atoms with Crippen LogP contribution in [0.25, 0.3) is 0 Å². The highest BCUT2D eigenvalue weighted by Gasteiger charge is 2.21. The van der Waals surface area contributed by atoms with Gasteiger partial charge in [-0.15, -0.1) is 0 Å². The van der Waals surface area contributed by atoms with Crippen molar-refractivity contribution in [2.24, 2.45) is 5.92 Å². The quantitative estimate of drug-likeness (QED) is 0.732. The third kappa shape index (κ3) is 4.08. The summed E-state index contributed by atoms with van der Waals surface area (Å²) in [5.41, 5.74) is 0. The molecule has 0 atom stereocenters. The summed E-state index contributed by atoms with van der Waals surface area (Å²) >= 11 is 2.90. The Morgan fingerprint density at radius 2 is 2.09 bits per heavy atom. The molecule has 0 amide bonds. The smallest absolute Gasteiger partial charge is 0.214 e. The minimum atomic E-state index is -3.02. The van der Waals surface area contributed by atoms with Crippen LogP contribution in [0.5, 0.6) is 0 Å². The molecule has 0 aromatic rings. The fourth-order valence-electron chi connectivity index (χ4n) is 0.864. The molecule has 1 saturated carbocycles. The van der Waals surface area contributed by atoms with Crippen LogP contribution in [-0.2, 0) is 10.0 Å². The highest BCUT2D eigenvalue weighted by Crippen LogP contribution is 2.31. The van der Waals surface area contributed by atoms with Crippen molar-refractivity contribution in [1.29, 1.82) is 0 Å². The van der Waals surface area contributed by atoms with Crippen LogP contribution in [0.3, 0.4) is 0 Å². The number of nitrogens with one attached hydrogen (secondary N) is 1. The van der Waals surface area contributed by atoms with Crippen molar-refractivity contribution >= 4 is 26.0 Å². The zero-order valence-corrected chi connectivity index (χ0v) is 8.62. The largest absolute Gasteiger partial charge is 0.221 e. The predicted octanol–water partition coefficient (Wildman–Crippen LogP) is 1.06. The van der Waals surface area contributed by atoms with Crippen molar-refractivity contribution in [3.63, 3.8) is 0 Å². The van der Waals surface area contributed by atoms with Crippen molar-refractivity contribution in [2.45, 2.75) is 19.3 Å². The van der Waals surface area contributed by atoms with Gasteiger partial charge in [-0.2, -0.15) is 0 Å². The second-order valence-corrected chi connectivity index (χ2v) is 5.96. The Bertz CT molecular complexity index is 211. The van der Waals surface area contributed by atoms with Gasteiger partial charge in [-0.05, 0) is 12.3 Å². The van der Waals surface area contributed by atoms with Gasteiger partial charge in [0.15, 0.2) is 0 Å². The summed E-state index contributed by atoms with van der Waals surface area (Å²) in [5, 5.41) is 0. The molecule has 0 unspecified atom stereocenters. The molecule has 1 aliphatic rings. The van der Waals surface area contributed by atoms with E-state index in [1.165, 1.54) is 12.8 Å². The van der Waals surface area contributed by atoms with Crippen molar-refractivity contribution in [2.75, 3.05) is 11.2 Å². The van der Waals surface area contributed by atoms with Crippen LogP contribution in [0.4, 0.5) is 0 Å². The molecule has 0 bridgehead atoms. The third-order valence-corrected chi connectivity index (χ3v) is 4.45. The maximum atomic E-state index is 10.8. The lowest BCUT2D eigenvalue weighted by molar-refractivity contribution is 0.580. The van der Waals surface area contributed by atoms with Crippen molar-refractivity contribution in [3.05, 3.63) is 0 Å². The van der Waals surface area contributed by atoms with Crippen LogP contribution >= 0.6 is 15.9 Å². The average molecular weight is 242 g/mol. The molecular weight excluding hydrogens is 230 g/mol. The van der Waals surface area contributed by atoms with Gasteiger partial charge in [0, 0.05) is 6.54 Å². The standard InChI is InChI=1S/C6H12BrNO2S/c7-5-11(9,10)8-4-3-6-1-2-6/h6,8H,1-5H2. The fraction of sp³-hybridized carbons (Fsp3) is 1.00. The third-order valence-electron chi connectivity index (χ3n) is 1.72. The Morgan fingerprint density at radius 3 is 2.55 bits per heavy atom. The monoisotopic (exact) mass is 241 g/mol. The van der Waals surface area contributed by atoms with Gasteiger partial charge in [0.05, 0.1) is 0 Å². The van der Waals surface area contributed by atoms with Gasteiger partial charge in [-0.3, -0.25) is 0 Å². The van der Waals surface area contributed by atoms with Crippen molar-refractivity contribution in [1.82, 2.24) is 4.72 Å². The molecule has 0 saturated heterocycles. The molecule has 1 fully saturated rings. The Balaban J connectivity index is 2.09. The van der Waals surface area contributed by atoms with Crippen molar-refractivity contribution in [3.8, 4) is 0 Å².